The molecule has 0 aliphatic carbocycles. The number of aromatic nitrogens is 2. The molecule has 1 saturated heterocycles. The monoisotopic (exact) mass is 312 g/mol. The highest BCUT2D eigenvalue weighted by Crippen LogP contribution is 2.16. The summed E-state index contributed by atoms with van der Waals surface area (Å²) in [6.45, 7) is 9.95. The Balaban J connectivity index is 1.65. The van der Waals surface area contributed by atoms with E-state index in [0.717, 1.165) is 49.9 Å². The summed E-state index contributed by atoms with van der Waals surface area (Å²) >= 11 is 6.17. The third-order valence-corrected chi connectivity index (χ3v) is 4.64. The van der Waals surface area contributed by atoms with Crippen LogP contribution in [0, 0.1) is 5.92 Å². The van der Waals surface area contributed by atoms with Gasteiger partial charge in [0.15, 0.2) is 5.15 Å². The van der Waals surface area contributed by atoms with Crippen molar-refractivity contribution in [1.29, 1.82) is 0 Å². The van der Waals surface area contributed by atoms with Crippen LogP contribution in [0.5, 0.6) is 0 Å². The number of imidazole rings is 1. The van der Waals surface area contributed by atoms with Gasteiger partial charge >= 0.3 is 0 Å². The van der Waals surface area contributed by atoms with E-state index >= 15 is 0 Å². The van der Waals surface area contributed by atoms with Crippen LogP contribution < -0.4 is 5.32 Å². The van der Waals surface area contributed by atoms with Crippen molar-refractivity contribution in [3.63, 3.8) is 0 Å². The summed E-state index contributed by atoms with van der Waals surface area (Å²) in [7, 11) is 0. The van der Waals surface area contributed by atoms with Crippen molar-refractivity contribution in [2.75, 3.05) is 26.2 Å². The molecule has 1 aromatic heterocycles. The molecule has 0 unspecified atom stereocenters. The molecule has 120 valence electrons. The Morgan fingerprint density at radius 1 is 1.38 bits per heavy atom. The lowest BCUT2D eigenvalue weighted by Gasteiger charge is -2.30. The minimum Gasteiger partial charge on any atom is -0.344 e. The first-order chi connectivity index (χ1) is 10.2. The number of halogens is 1. The molecule has 0 radical (unpaired) electrons. The van der Waals surface area contributed by atoms with E-state index < -0.39 is 0 Å². The molecule has 0 saturated carbocycles. The van der Waals surface area contributed by atoms with Crippen LogP contribution in [0.15, 0.2) is 0 Å². The fourth-order valence-corrected chi connectivity index (χ4v) is 2.97. The number of hydrogen-bond acceptors (Lipinski definition) is 3. The lowest BCUT2D eigenvalue weighted by molar-refractivity contribution is 0.193. The molecule has 4 nitrogen and oxygen atoms in total. The smallest absolute Gasteiger partial charge is 0.151 e. The number of hydrogen-bond donors (Lipinski definition) is 2. The molecule has 1 aliphatic heterocycles. The molecule has 1 fully saturated rings. The van der Waals surface area contributed by atoms with Gasteiger partial charge in [0.2, 0.25) is 0 Å². The molecule has 1 aliphatic rings. The number of aryl methyl sites for hydroxylation is 1. The zero-order chi connectivity index (χ0) is 15.1. The molecule has 0 spiro atoms. The highest BCUT2D eigenvalue weighted by Gasteiger charge is 2.15. The first-order valence-corrected chi connectivity index (χ1v) is 8.73. The molecule has 0 aromatic carbocycles. The molecule has 2 heterocycles. The van der Waals surface area contributed by atoms with Crippen LogP contribution in [0.3, 0.4) is 0 Å². The van der Waals surface area contributed by atoms with Crippen molar-refractivity contribution in [3.8, 4) is 0 Å². The summed E-state index contributed by atoms with van der Waals surface area (Å²) in [5, 5.41) is 4.10. The number of H-pyrrole nitrogens is 1. The van der Waals surface area contributed by atoms with Crippen LogP contribution in [0.1, 0.15) is 51.0 Å². The maximum atomic E-state index is 6.17. The van der Waals surface area contributed by atoms with Crippen molar-refractivity contribution >= 4 is 11.6 Å². The summed E-state index contributed by atoms with van der Waals surface area (Å²) in [6.07, 6.45) is 6.01. The third-order valence-electron chi connectivity index (χ3n) is 4.33. The summed E-state index contributed by atoms with van der Waals surface area (Å²) in [4.78, 5) is 10.3. The SMILES string of the molecule is CCCCc1nc(Cl)c(CNCCN2CCC(C)CC2)[nH]1. The first kappa shape index (κ1) is 16.8. The maximum Gasteiger partial charge on any atom is 0.151 e. The number of unbranched alkanes of at least 4 members (excludes halogenated alkanes) is 1. The quantitative estimate of drug-likeness (QED) is 0.724. The molecule has 2 rings (SSSR count). The van der Waals surface area contributed by atoms with E-state index in [1.54, 1.807) is 0 Å². The number of piperidine rings is 1. The number of nitrogens with zero attached hydrogens (tertiary/aromatic N) is 2. The van der Waals surface area contributed by atoms with Gasteiger partial charge in [-0.2, -0.15) is 0 Å². The second kappa shape index (κ2) is 8.76. The summed E-state index contributed by atoms with van der Waals surface area (Å²) in [6, 6.07) is 0. The van der Waals surface area contributed by atoms with E-state index in [-0.39, 0.29) is 0 Å². The number of nitrogens with one attached hydrogen (secondary N) is 2. The number of aromatic amines is 1. The highest BCUT2D eigenvalue weighted by atomic mass is 35.5. The minimum atomic E-state index is 0.625. The Hall–Kier alpha value is -0.580. The average molecular weight is 313 g/mol. The van der Waals surface area contributed by atoms with E-state index in [1.165, 1.54) is 32.4 Å². The number of rotatable bonds is 8. The second-order valence-corrected chi connectivity index (χ2v) is 6.62. The van der Waals surface area contributed by atoms with Crippen molar-refractivity contribution in [1.82, 2.24) is 20.2 Å². The van der Waals surface area contributed by atoms with Gasteiger partial charge in [-0.1, -0.05) is 31.9 Å². The third kappa shape index (κ3) is 5.61. The summed E-state index contributed by atoms with van der Waals surface area (Å²) in [5.41, 5.74) is 1.02. The fourth-order valence-electron chi connectivity index (χ4n) is 2.76. The molecule has 0 bridgehead atoms. The molecule has 2 N–H and O–H groups in total. The van der Waals surface area contributed by atoms with Gasteiger partial charge in [-0.05, 0) is 38.3 Å². The Morgan fingerprint density at radius 2 is 2.14 bits per heavy atom. The minimum absolute atomic E-state index is 0.625. The van der Waals surface area contributed by atoms with Gasteiger partial charge in [-0.25, -0.2) is 4.98 Å². The molecule has 0 atom stereocenters. The lowest BCUT2D eigenvalue weighted by atomic mass is 9.99. The second-order valence-electron chi connectivity index (χ2n) is 6.26. The van der Waals surface area contributed by atoms with Gasteiger partial charge in [0.05, 0.1) is 5.69 Å². The summed E-state index contributed by atoms with van der Waals surface area (Å²) in [5.74, 6) is 1.92. The van der Waals surface area contributed by atoms with Gasteiger partial charge in [-0.3, -0.25) is 0 Å². The Kier molecular flexibility index (Phi) is 7.00. The van der Waals surface area contributed by atoms with E-state index in [4.69, 9.17) is 11.6 Å². The first-order valence-electron chi connectivity index (χ1n) is 8.35. The lowest BCUT2D eigenvalue weighted by Crippen LogP contribution is -2.37. The maximum absolute atomic E-state index is 6.17. The van der Waals surface area contributed by atoms with E-state index in [9.17, 15) is 0 Å². The van der Waals surface area contributed by atoms with Gasteiger partial charge in [0, 0.05) is 26.1 Å². The molecular formula is C16H29ClN4. The highest BCUT2D eigenvalue weighted by molar-refractivity contribution is 6.30. The van der Waals surface area contributed by atoms with Crippen molar-refractivity contribution < 1.29 is 0 Å². The number of likely N-dealkylation sites (tertiary alicyclic amines) is 1. The Bertz CT molecular complexity index is 410. The van der Waals surface area contributed by atoms with Gasteiger partial charge in [0.1, 0.15) is 5.82 Å². The standard InChI is InChI=1S/C16H29ClN4/c1-3-4-5-15-19-14(16(17)20-15)12-18-8-11-21-9-6-13(2)7-10-21/h13,18H,3-12H2,1-2H3,(H,19,20). The van der Waals surface area contributed by atoms with E-state index in [0.29, 0.717) is 5.15 Å². The van der Waals surface area contributed by atoms with E-state index in [2.05, 4.69) is 34.0 Å². The predicted molar refractivity (Wildman–Crippen MR) is 88.8 cm³/mol. The molecule has 5 heteroatoms. The predicted octanol–water partition coefficient (Wildman–Crippen LogP) is 3.23. The van der Waals surface area contributed by atoms with Crippen LogP contribution in [-0.2, 0) is 13.0 Å². The van der Waals surface area contributed by atoms with Crippen LogP contribution >= 0.6 is 11.6 Å². The normalized spacial score (nSPS) is 17.5. The Labute approximate surface area is 133 Å². The molecule has 0 amide bonds. The fraction of sp³-hybridized carbons (Fsp3) is 0.812. The van der Waals surface area contributed by atoms with Gasteiger partial charge in [-0.15, -0.1) is 0 Å². The zero-order valence-corrected chi connectivity index (χ0v) is 14.2. The topological polar surface area (TPSA) is 44.0 Å². The molecular weight excluding hydrogens is 284 g/mol. The van der Waals surface area contributed by atoms with Crippen LogP contribution in [0.25, 0.3) is 0 Å². The van der Waals surface area contributed by atoms with Crippen molar-refractivity contribution in [2.45, 2.75) is 52.5 Å². The average Bonchev–Trinajstić information content (AvgIpc) is 2.83. The van der Waals surface area contributed by atoms with Crippen LogP contribution in [0.2, 0.25) is 5.15 Å². The molecule has 21 heavy (non-hydrogen) atoms. The Morgan fingerprint density at radius 3 is 2.86 bits per heavy atom. The van der Waals surface area contributed by atoms with Gasteiger partial charge in [0.25, 0.3) is 0 Å². The zero-order valence-electron chi connectivity index (χ0n) is 13.4. The van der Waals surface area contributed by atoms with Crippen LogP contribution in [-0.4, -0.2) is 41.0 Å². The van der Waals surface area contributed by atoms with Crippen LogP contribution in [0.4, 0.5) is 0 Å². The summed E-state index contributed by atoms with van der Waals surface area (Å²) < 4.78 is 0. The van der Waals surface area contributed by atoms with Gasteiger partial charge < -0.3 is 15.2 Å². The van der Waals surface area contributed by atoms with Crippen molar-refractivity contribution in [2.24, 2.45) is 5.92 Å². The van der Waals surface area contributed by atoms with E-state index in [1.807, 2.05) is 0 Å². The largest absolute Gasteiger partial charge is 0.344 e. The van der Waals surface area contributed by atoms with Crippen molar-refractivity contribution in [3.05, 3.63) is 16.7 Å². The molecule has 1 aromatic rings.